The van der Waals surface area contributed by atoms with Crippen molar-refractivity contribution in [2.24, 2.45) is 0 Å². The average Bonchev–Trinajstić information content (AvgIpc) is 3.26. The van der Waals surface area contributed by atoms with Gasteiger partial charge >= 0.3 is 0 Å². The number of sulfonamides is 1. The molecule has 0 unspecified atom stereocenters. The summed E-state index contributed by atoms with van der Waals surface area (Å²) in [6.07, 6.45) is 0. The van der Waals surface area contributed by atoms with Crippen LogP contribution in [0.25, 0.3) is 11.1 Å². The van der Waals surface area contributed by atoms with Gasteiger partial charge in [-0.05, 0) is 61.0 Å². The van der Waals surface area contributed by atoms with Crippen molar-refractivity contribution < 1.29 is 27.3 Å². The topological polar surface area (TPSA) is 154 Å². The lowest BCUT2D eigenvalue weighted by Crippen LogP contribution is -2.15. The SMILES string of the molecule is COc1ccc(NS(=O)(=O)c2ccc3oc(SCC(=O)Nc4ccc(C)cc4[N+](=O)[O-])nc3c2)cc1. The number of benzene rings is 3. The molecular formula is C23H20N4O7S2. The molecule has 0 saturated carbocycles. The fraction of sp³-hybridized carbons (Fsp3) is 0.130. The highest BCUT2D eigenvalue weighted by molar-refractivity contribution is 7.99. The van der Waals surface area contributed by atoms with Gasteiger partial charge in [-0.1, -0.05) is 17.8 Å². The van der Waals surface area contributed by atoms with Crippen LogP contribution in [0.5, 0.6) is 5.75 Å². The highest BCUT2D eigenvalue weighted by Gasteiger charge is 2.19. The first-order valence-electron chi connectivity index (χ1n) is 10.4. The van der Waals surface area contributed by atoms with Gasteiger partial charge in [-0.25, -0.2) is 13.4 Å². The normalized spacial score (nSPS) is 11.3. The zero-order valence-electron chi connectivity index (χ0n) is 19.0. The van der Waals surface area contributed by atoms with Gasteiger partial charge in [0.25, 0.3) is 20.9 Å². The average molecular weight is 529 g/mol. The maximum Gasteiger partial charge on any atom is 0.293 e. The van der Waals surface area contributed by atoms with Gasteiger partial charge in [-0.3, -0.25) is 19.6 Å². The highest BCUT2D eigenvalue weighted by Crippen LogP contribution is 2.28. The Kier molecular flexibility index (Phi) is 7.12. The van der Waals surface area contributed by atoms with Crippen molar-refractivity contribution in [1.82, 2.24) is 4.98 Å². The molecule has 0 aliphatic rings. The number of anilines is 2. The molecule has 4 aromatic rings. The molecule has 0 atom stereocenters. The van der Waals surface area contributed by atoms with Crippen LogP contribution < -0.4 is 14.8 Å². The van der Waals surface area contributed by atoms with Gasteiger partial charge in [0.15, 0.2) is 5.58 Å². The quantitative estimate of drug-likeness (QED) is 0.180. The molecule has 0 fully saturated rings. The maximum atomic E-state index is 12.8. The van der Waals surface area contributed by atoms with E-state index < -0.39 is 20.9 Å². The summed E-state index contributed by atoms with van der Waals surface area (Å²) in [5.41, 5.74) is 1.59. The van der Waals surface area contributed by atoms with Crippen LogP contribution in [0.1, 0.15) is 5.56 Å². The van der Waals surface area contributed by atoms with Crippen molar-refractivity contribution in [3.8, 4) is 5.75 Å². The second kappa shape index (κ2) is 10.3. The molecule has 1 aromatic heterocycles. The number of nitrogens with one attached hydrogen (secondary N) is 2. The number of nitro groups is 1. The summed E-state index contributed by atoms with van der Waals surface area (Å²) < 4.78 is 38.7. The third-order valence-electron chi connectivity index (χ3n) is 4.94. The van der Waals surface area contributed by atoms with E-state index in [1.165, 1.54) is 37.4 Å². The molecule has 11 nitrogen and oxygen atoms in total. The number of carbonyl (C=O) groups is 1. The summed E-state index contributed by atoms with van der Waals surface area (Å²) >= 11 is 0.974. The Morgan fingerprint density at radius 3 is 2.58 bits per heavy atom. The number of aryl methyl sites for hydroxylation is 1. The van der Waals surface area contributed by atoms with Crippen LogP contribution in [0.4, 0.5) is 17.1 Å². The Balaban J connectivity index is 1.44. The maximum absolute atomic E-state index is 12.8. The number of hydrogen-bond acceptors (Lipinski definition) is 9. The molecule has 0 bridgehead atoms. The van der Waals surface area contributed by atoms with Gasteiger partial charge in [0.2, 0.25) is 5.91 Å². The number of carbonyl (C=O) groups excluding carboxylic acids is 1. The fourth-order valence-electron chi connectivity index (χ4n) is 3.20. The third-order valence-corrected chi connectivity index (χ3v) is 7.15. The highest BCUT2D eigenvalue weighted by atomic mass is 32.2. The summed E-state index contributed by atoms with van der Waals surface area (Å²) in [5.74, 6) is -0.0129. The molecule has 186 valence electrons. The van der Waals surface area contributed by atoms with Crippen molar-refractivity contribution in [3.05, 3.63) is 76.3 Å². The van der Waals surface area contributed by atoms with E-state index in [1.807, 2.05) is 0 Å². The van der Waals surface area contributed by atoms with E-state index >= 15 is 0 Å². The summed E-state index contributed by atoms with van der Waals surface area (Å²) in [5, 5.41) is 13.9. The number of nitrogens with zero attached hydrogens (tertiary/aromatic N) is 2. The number of fused-ring (bicyclic) bond motifs is 1. The van der Waals surface area contributed by atoms with Crippen LogP contribution in [-0.2, 0) is 14.8 Å². The van der Waals surface area contributed by atoms with E-state index in [0.29, 0.717) is 28.1 Å². The number of nitro benzene ring substituents is 1. The van der Waals surface area contributed by atoms with Crippen LogP contribution >= 0.6 is 11.8 Å². The van der Waals surface area contributed by atoms with Gasteiger partial charge in [0.05, 0.1) is 22.7 Å². The van der Waals surface area contributed by atoms with E-state index in [0.717, 1.165) is 11.8 Å². The number of aromatic nitrogens is 1. The van der Waals surface area contributed by atoms with Crippen LogP contribution in [0, 0.1) is 17.0 Å². The monoisotopic (exact) mass is 528 g/mol. The van der Waals surface area contributed by atoms with Crippen LogP contribution in [0.3, 0.4) is 0 Å². The third kappa shape index (κ3) is 5.75. The molecule has 3 aromatic carbocycles. The molecule has 0 radical (unpaired) electrons. The Labute approximate surface area is 210 Å². The minimum Gasteiger partial charge on any atom is -0.497 e. The number of ether oxygens (including phenoxy) is 1. The Hall–Kier alpha value is -4.10. The van der Waals surface area contributed by atoms with E-state index in [2.05, 4.69) is 15.0 Å². The van der Waals surface area contributed by atoms with E-state index in [1.54, 1.807) is 37.3 Å². The first-order chi connectivity index (χ1) is 17.1. The molecule has 36 heavy (non-hydrogen) atoms. The van der Waals surface area contributed by atoms with E-state index in [9.17, 15) is 23.3 Å². The number of methoxy groups -OCH3 is 1. The molecule has 0 aliphatic heterocycles. The summed E-state index contributed by atoms with van der Waals surface area (Å²) in [4.78, 5) is 27.2. The predicted octanol–water partition coefficient (Wildman–Crippen LogP) is 4.58. The lowest BCUT2D eigenvalue weighted by atomic mass is 10.2. The molecule has 2 N–H and O–H groups in total. The first kappa shape index (κ1) is 25.0. The number of rotatable bonds is 9. The number of hydrogen-bond donors (Lipinski definition) is 2. The van der Waals surface area contributed by atoms with Gasteiger partial charge in [-0.2, -0.15) is 0 Å². The first-order valence-corrected chi connectivity index (χ1v) is 12.9. The number of oxazole rings is 1. The molecule has 0 aliphatic carbocycles. The number of thioether (sulfide) groups is 1. The van der Waals surface area contributed by atoms with Crippen molar-refractivity contribution in [2.45, 2.75) is 17.0 Å². The zero-order chi connectivity index (χ0) is 25.9. The minimum atomic E-state index is -3.89. The molecule has 0 spiro atoms. The van der Waals surface area contributed by atoms with Crippen molar-refractivity contribution in [1.29, 1.82) is 0 Å². The second-order valence-electron chi connectivity index (χ2n) is 7.56. The van der Waals surface area contributed by atoms with Crippen LogP contribution in [0.2, 0.25) is 0 Å². The smallest absolute Gasteiger partial charge is 0.293 e. The van der Waals surface area contributed by atoms with Crippen molar-refractivity contribution in [3.63, 3.8) is 0 Å². The van der Waals surface area contributed by atoms with Crippen LogP contribution in [0.15, 0.2) is 75.2 Å². The van der Waals surface area contributed by atoms with E-state index in [4.69, 9.17) is 9.15 Å². The molecule has 1 amide bonds. The van der Waals surface area contributed by atoms with Gasteiger partial charge in [-0.15, -0.1) is 0 Å². The minimum absolute atomic E-state index is 0.0138. The van der Waals surface area contributed by atoms with Crippen LogP contribution in [-0.4, -0.2) is 37.1 Å². The van der Waals surface area contributed by atoms with Gasteiger partial charge in [0, 0.05) is 11.8 Å². The summed E-state index contributed by atoms with van der Waals surface area (Å²) in [6.45, 7) is 1.72. The number of amides is 1. The molecular weight excluding hydrogens is 508 g/mol. The fourth-order valence-corrected chi connectivity index (χ4v) is 4.92. The standard InChI is InChI=1S/C23H20N4O7S2/c1-14-3-9-18(20(11-14)27(29)30)24-22(28)13-35-23-25-19-12-17(8-10-21(19)34-23)36(31,32)26-15-4-6-16(33-2)7-5-15/h3-12,26H,13H2,1-2H3,(H,24,28). The second-order valence-corrected chi connectivity index (χ2v) is 10.2. The summed E-state index contributed by atoms with van der Waals surface area (Å²) in [7, 11) is -2.37. The van der Waals surface area contributed by atoms with Gasteiger partial charge < -0.3 is 14.5 Å². The Morgan fingerprint density at radius 1 is 1.14 bits per heavy atom. The summed E-state index contributed by atoms with van der Waals surface area (Å²) in [6, 6.07) is 15.2. The predicted molar refractivity (Wildman–Crippen MR) is 135 cm³/mol. The van der Waals surface area contributed by atoms with Crippen molar-refractivity contribution in [2.75, 3.05) is 22.9 Å². The van der Waals surface area contributed by atoms with Crippen molar-refractivity contribution >= 4 is 55.9 Å². The molecule has 4 rings (SSSR count). The Bertz CT molecular complexity index is 1550. The largest absolute Gasteiger partial charge is 0.497 e. The zero-order valence-corrected chi connectivity index (χ0v) is 20.7. The molecule has 0 saturated heterocycles. The lowest BCUT2D eigenvalue weighted by Gasteiger charge is -2.08. The van der Waals surface area contributed by atoms with Gasteiger partial charge in [0.1, 0.15) is 17.0 Å². The lowest BCUT2D eigenvalue weighted by molar-refractivity contribution is -0.384. The Morgan fingerprint density at radius 2 is 1.89 bits per heavy atom. The molecule has 13 heteroatoms. The van der Waals surface area contributed by atoms with E-state index in [-0.39, 0.29) is 27.2 Å². The molecule has 1 heterocycles.